The number of carbonyl (C=O) groups is 1. The van der Waals surface area contributed by atoms with Crippen molar-refractivity contribution in [3.05, 3.63) is 108 Å². The second-order valence-corrected chi connectivity index (χ2v) is 8.59. The molecule has 5 atom stereocenters. The molecule has 8 heteroatoms. The van der Waals surface area contributed by atoms with E-state index in [4.69, 9.17) is 18.9 Å². The van der Waals surface area contributed by atoms with Crippen molar-refractivity contribution in [2.45, 2.75) is 50.3 Å². The van der Waals surface area contributed by atoms with Crippen molar-refractivity contribution in [1.82, 2.24) is 5.54 Å². The van der Waals surface area contributed by atoms with Gasteiger partial charge in [-0.1, -0.05) is 91.0 Å². The van der Waals surface area contributed by atoms with Gasteiger partial charge in [-0.3, -0.25) is 0 Å². The van der Waals surface area contributed by atoms with E-state index in [9.17, 15) is 14.4 Å². The third-order valence-corrected chi connectivity index (χ3v) is 6.03. The molecule has 3 aromatic carbocycles. The molecule has 0 aromatic heterocycles. The Kier molecular flexibility index (Phi) is 9.54. The van der Waals surface area contributed by atoms with Crippen LogP contribution in [0, 0.1) is 0 Å². The second kappa shape index (κ2) is 13.2. The molecule has 3 unspecified atom stereocenters. The standard InChI is InChI=1S/C28H30FNO6/c29-30-24-26(35-18-22-14-8-3-9-15-22)25(34-17-21-12-6-2-7-13-21)23(36-27(24)28(31)32)19-33-16-20-10-4-1-5-11-20/h1-15,23-27,30H,16-19H2,(H,31,32)/t23-,24?,25?,26?,27-/m1/s1. The van der Waals surface area contributed by atoms with Gasteiger partial charge in [0.15, 0.2) is 6.10 Å². The summed E-state index contributed by atoms with van der Waals surface area (Å²) < 4.78 is 38.1. The van der Waals surface area contributed by atoms with E-state index in [1.807, 2.05) is 91.0 Å². The van der Waals surface area contributed by atoms with Gasteiger partial charge in [0.2, 0.25) is 0 Å². The Morgan fingerprint density at radius 3 is 1.72 bits per heavy atom. The normalized spacial score (nSPS) is 23.9. The maximum absolute atomic E-state index is 14.0. The Morgan fingerprint density at radius 1 is 0.778 bits per heavy atom. The highest BCUT2D eigenvalue weighted by atomic mass is 19.2. The van der Waals surface area contributed by atoms with Crippen molar-refractivity contribution in [2.75, 3.05) is 6.61 Å². The van der Waals surface area contributed by atoms with Crippen LogP contribution in [0.2, 0.25) is 0 Å². The molecule has 7 nitrogen and oxygen atoms in total. The lowest BCUT2D eigenvalue weighted by molar-refractivity contribution is -0.240. The van der Waals surface area contributed by atoms with E-state index in [1.165, 1.54) is 0 Å². The summed E-state index contributed by atoms with van der Waals surface area (Å²) in [7, 11) is 0. The molecule has 1 saturated heterocycles. The van der Waals surface area contributed by atoms with Crippen LogP contribution in [-0.4, -0.2) is 48.1 Å². The number of rotatable bonds is 12. The molecule has 4 rings (SSSR count). The van der Waals surface area contributed by atoms with Gasteiger partial charge in [0, 0.05) is 0 Å². The fourth-order valence-corrected chi connectivity index (χ4v) is 4.21. The van der Waals surface area contributed by atoms with E-state index >= 15 is 0 Å². The largest absolute Gasteiger partial charge is 0.479 e. The van der Waals surface area contributed by atoms with Crippen LogP contribution in [0.1, 0.15) is 16.7 Å². The van der Waals surface area contributed by atoms with Crippen molar-refractivity contribution in [3.8, 4) is 0 Å². The molecule has 1 fully saturated rings. The first-order valence-corrected chi connectivity index (χ1v) is 11.8. The third-order valence-electron chi connectivity index (χ3n) is 6.03. The Morgan fingerprint density at radius 2 is 1.25 bits per heavy atom. The van der Waals surface area contributed by atoms with Crippen molar-refractivity contribution < 1.29 is 33.3 Å². The van der Waals surface area contributed by atoms with Crippen LogP contribution in [0.25, 0.3) is 0 Å². The van der Waals surface area contributed by atoms with Gasteiger partial charge in [-0.2, -0.15) is 5.54 Å². The summed E-state index contributed by atoms with van der Waals surface area (Å²) in [4.78, 5) is 12.0. The van der Waals surface area contributed by atoms with Gasteiger partial charge in [0.05, 0.1) is 26.4 Å². The molecule has 0 aliphatic carbocycles. The van der Waals surface area contributed by atoms with Crippen molar-refractivity contribution in [2.24, 2.45) is 0 Å². The van der Waals surface area contributed by atoms with Gasteiger partial charge in [0.1, 0.15) is 24.4 Å². The van der Waals surface area contributed by atoms with Crippen molar-refractivity contribution >= 4 is 5.97 Å². The third kappa shape index (κ3) is 6.96. The van der Waals surface area contributed by atoms with Gasteiger partial charge in [-0.25, -0.2) is 4.79 Å². The molecule has 1 heterocycles. The van der Waals surface area contributed by atoms with Crippen LogP contribution in [0.5, 0.6) is 0 Å². The van der Waals surface area contributed by atoms with Crippen LogP contribution >= 0.6 is 0 Å². The van der Waals surface area contributed by atoms with E-state index < -0.39 is 36.4 Å². The molecular formula is C28H30FNO6. The number of hydrogen-bond donors (Lipinski definition) is 2. The highest BCUT2D eigenvalue weighted by molar-refractivity contribution is 5.73. The van der Waals surface area contributed by atoms with E-state index in [2.05, 4.69) is 0 Å². The SMILES string of the molecule is O=C(O)[C@@H]1O[C@H](COCc2ccccc2)C(OCc2ccccc2)C(OCc2ccccc2)C1NF. The monoisotopic (exact) mass is 495 g/mol. The first-order chi connectivity index (χ1) is 17.7. The van der Waals surface area contributed by atoms with Crippen molar-refractivity contribution in [3.63, 3.8) is 0 Å². The van der Waals surface area contributed by atoms with E-state index in [-0.39, 0.29) is 19.8 Å². The first kappa shape index (κ1) is 25.9. The molecule has 190 valence electrons. The number of halogens is 1. The average Bonchev–Trinajstić information content (AvgIpc) is 2.92. The summed E-state index contributed by atoms with van der Waals surface area (Å²) in [5, 5.41) is 9.79. The Bertz CT molecular complexity index is 1060. The van der Waals surface area contributed by atoms with Gasteiger partial charge in [-0.05, 0) is 16.7 Å². The highest BCUT2D eigenvalue weighted by Gasteiger charge is 2.50. The fourth-order valence-electron chi connectivity index (χ4n) is 4.21. The van der Waals surface area contributed by atoms with Crippen LogP contribution in [0.15, 0.2) is 91.0 Å². The molecule has 0 amide bonds. The summed E-state index contributed by atoms with van der Waals surface area (Å²) in [6.45, 7) is 0.720. The topological polar surface area (TPSA) is 86.3 Å². The number of benzene rings is 3. The zero-order valence-electron chi connectivity index (χ0n) is 19.7. The van der Waals surface area contributed by atoms with E-state index in [0.717, 1.165) is 16.7 Å². The van der Waals surface area contributed by atoms with Crippen LogP contribution in [0.3, 0.4) is 0 Å². The molecule has 0 radical (unpaired) electrons. The number of ether oxygens (including phenoxy) is 4. The maximum Gasteiger partial charge on any atom is 0.334 e. The smallest absolute Gasteiger partial charge is 0.334 e. The number of hydrogen-bond acceptors (Lipinski definition) is 6. The summed E-state index contributed by atoms with van der Waals surface area (Å²) >= 11 is 0. The predicted molar refractivity (Wildman–Crippen MR) is 130 cm³/mol. The van der Waals surface area contributed by atoms with Crippen LogP contribution in [-0.2, 0) is 43.6 Å². The average molecular weight is 496 g/mol. The quantitative estimate of drug-likeness (QED) is 0.367. The Labute approximate surface area is 209 Å². The lowest BCUT2D eigenvalue weighted by Crippen LogP contribution is -2.65. The summed E-state index contributed by atoms with van der Waals surface area (Å²) in [6.07, 6.45) is -4.05. The summed E-state index contributed by atoms with van der Waals surface area (Å²) in [6, 6.07) is 27.2. The van der Waals surface area contributed by atoms with Crippen molar-refractivity contribution in [1.29, 1.82) is 0 Å². The van der Waals surface area contributed by atoms with Gasteiger partial charge in [0.25, 0.3) is 0 Å². The molecule has 3 aromatic rings. The molecule has 0 bridgehead atoms. The number of nitrogens with one attached hydrogen (secondary N) is 1. The lowest BCUT2D eigenvalue weighted by Gasteiger charge is -2.44. The minimum atomic E-state index is -1.49. The predicted octanol–water partition coefficient (Wildman–Crippen LogP) is 4.07. The molecule has 1 aliphatic rings. The Balaban J connectivity index is 1.55. The zero-order valence-corrected chi connectivity index (χ0v) is 19.7. The number of carboxylic acid groups (broad SMARTS) is 1. The minimum absolute atomic E-state index is 0.0440. The van der Waals surface area contributed by atoms with Gasteiger partial charge in [-0.15, -0.1) is 4.48 Å². The van der Waals surface area contributed by atoms with Crippen LogP contribution < -0.4 is 5.54 Å². The first-order valence-electron chi connectivity index (χ1n) is 11.8. The van der Waals surface area contributed by atoms with Gasteiger partial charge >= 0.3 is 5.97 Å². The van der Waals surface area contributed by atoms with Gasteiger partial charge < -0.3 is 24.1 Å². The van der Waals surface area contributed by atoms with Crippen LogP contribution in [0.4, 0.5) is 4.48 Å². The molecule has 0 saturated carbocycles. The molecule has 0 spiro atoms. The Hall–Kier alpha value is -3.14. The molecule has 1 aliphatic heterocycles. The van der Waals surface area contributed by atoms with E-state index in [1.54, 1.807) is 5.54 Å². The molecule has 36 heavy (non-hydrogen) atoms. The molecule has 2 N–H and O–H groups in total. The highest BCUT2D eigenvalue weighted by Crippen LogP contribution is 2.29. The lowest BCUT2D eigenvalue weighted by atomic mass is 9.92. The number of aliphatic carboxylic acids is 1. The maximum atomic E-state index is 14.0. The summed E-state index contributed by atoms with van der Waals surface area (Å²) in [5.74, 6) is -1.30. The minimum Gasteiger partial charge on any atom is -0.479 e. The van der Waals surface area contributed by atoms with E-state index in [0.29, 0.717) is 6.61 Å². The second-order valence-electron chi connectivity index (χ2n) is 8.59. The fraction of sp³-hybridized carbons (Fsp3) is 0.321. The molecular weight excluding hydrogens is 465 g/mol. The summed E-state index contributed by atoms with van der Waals surface area (Å²) in [5.41, 5.74) is 4.34. The number of carboxylic acids is 1. The zero-order chi connectivity index (χ0) is 25.2.